The summed E-state index contributed by atoms with van der Waals surface area (Å²) in [5.74, 6) is -1.36. The molecule has 0 saturated carbocycles. The van der Waals surface area contributed by atoms with Crippen LogP contribution in [0.4, 0.5) is 0 Å². The van der Waals surface area contributed by atoms with Crippen LogP contribution in [0.3, 0.4) is 0 Å². The Labute approximate surface area is 110 Å². The lowest BCUT2D eigenvalue weighted by atomic mass is 10.0. The SMILES string of the molecule is COc1cc(Cl)ccc1C(=O)NC(C)(C)C(=O)O. The molecule has 0 fully saturated rings. The number of rotatable bonds is 4. The van der Waals surface area contributed by atoms with Gasteiger partial charge in [-0.05, 0) is 32.0 Å². The number of carbonyl (C=O) groups excluding carboxylic acids is 1. The normalized spacial score (nSPS) is 10.9. The second-order valence-corrected chi connectivity index (χ2v) is 4.67. The van der Waals surface area contributed by atoms with Gasteiger partial charge in [0.25, 0.3) is 5.91 Å². The van der Waals surface area contributed by atoms with E-state index < -0.39 is 17.4 Å². The fourth-order valence-corrected chi connectivity index (χ4v) is 1.42. The number of carbonyl (C=O) groups is 2. The molecule has 1 rings (SSSR count). The highest BCUT2D eigenvalue weighted by Crippen LogP contribution is 2.23. The highest BCUT2D eigenvalue weighted by molar-refractivity contribution is 6.30. The van der Waals surface area contributed by atoms with Crippen molar-refractivity contribution in [3.05, 3.63) is 28.8 Å². The Bertz CT molecular complexity index is 485. The molecular formula is C12H14ClNO4. The van der Waals surface area contributed by atoms with Gasteiger partial charge < -0.3 is 15.2 Å². The molecule has 5 nitrogen and oxygen atoms in total. The Hall–Kier alpha value is -1.75. The number of halogens is 1. The van der Waals surface area contributed by atoms with Gasteiger partial charge in [0.15, 0.2) is 0 Å². The van der Waals surface area contributed by atoms with Crippen LogP contribution in [0, 0.1) is 0 Å². The van der Waals surface area contributed by atoms with E-state index in [1.807, 2.05) is 0 Å². The third-order valence-electron chi connectivity index (χ3n) is 2.37. The Morgan fingerprint density at radius 3 is 2.50 bits per heavy atom. The van der Waals surface area contributed by atoms with Gasteiger partial charge in [-0.15, -0.1) is 0 Å². The van der Waals surface area contributed by atoms with Crippen LogP contribution in [0.15, 0.2) is 18.2 Å². The van der Waals surface area contributed by atoms with Gasteiger partial charge in [0.2, 0.25) is 0 Å². The predicted molar refractivity (Wildman–Crippen MR) is 67.2 cm³/mol. The van der Waals surface area contributed by atoms with E-state index in [9.17, 15) is 9.59 Å². The van der Waals surface area contributed by atoms with Gasteiger partial charge in [-0.2, -0.15) is 0 Å². The van der Waals surface area contributed by atoms with Gasteiger partial charge in [0, 0.05) is 5.02 Å². The molecule has 0 heterocycles. The number of benzene rings is 1. The molecule has 0 atom stereocenters. The number of amides is 1. The average molecular weight is 272 g/mol. The van der Waals surface area contributed by atoms with Crippen LogP contribution in [0.25, 0.3) is 0 Å². The van der Waals surface area contributed by atoms with Gasteiger partial charge in [0.1, 0.15) is 11.3 Å². The summed E-state index contributed by atoms with van der Waals surface area (Å²) in [4.78, 5) is 22.9. The van der Waals surface area contributed by atoms with Crippen molar-refractivity contribution < 1.29 is 19.4 Å². The van der Waals surface area contributed by atoms with Crippen molar-refractivity contribution >= 4 is 23.5 Å². The molecule has 0 saturated heterocycles. The predicted octanol–water partition coefficient (Wildman–Crippen LogP) is 1.94. The van der Waals surface area contributed by atoms with Crippen LogP contribution in [0.1, 0.15) is 24.2 Å². The van der Waals surface area contributed by atoms with E-state index in [2.05, 4.69) is 5.32 Å². The van der Waals surface area contributed by atoms with Gasteiger partial charge in [-0.1, -0.05) is 11.6 Å². The summed E-state index contributed by atoms with van der Waals surface area (Å²) in [7, 11) is 1.41. The number of hydrogen-bond acceptors (Lipinski definition) is 3. The van der Waals surface area contributed by atoms with E-state index in [0.717, 1.165) is 0 Å². The summed E-state index contributed by atoms with van der Waals surface area (Å²) in [5, 5.41) is 11.8. The maximum Gasteiger partial charge on any atom is 0.328 e. The minimum absolute atomic E-state index is 0.233. The van der Waals surface area contributed by atoms with E-state index in [-0.39, 0.29) is 5.56 Å². The first kappa shape index (κ1) is 14.3. The van der Waals surface area contributed by atoms with Gasteiger partial charge in [-0.25, -0.2) is 4.79 Å². The largest absolute Gasteiger partial charge is 0.496 e. The lowest BCUT2D eigenvalue weighted by Crippen LogP contribution is -2.49. The zero-order valence-electron chi connectivity index (χ0n) is 10.3. The highest BCUT2D eigenvalue weighted by atomic mass is 35.5. The molecule has 1 aromatic carbocycles. The second kappa shape index (κ2) is 5.27. The van der Waals surface area contributed by atoms with Gasteiger partial charge in [0.05, 0.1) is 12.7 Å². The van der Waals surface area contributed by atoms with Crippen molar-refractivity contribution in [2.75, 3.05) is 7.11 Å². The minimum atomic E-state index is -1.36. The summed E-state index contributed by atoms with van der Waals surface area (Å²) in [5.41, 5.74) is -1.13. The molecule has 0 bridgehead atoms. The quantitative estimate of drug-likeness (QED) is 0.877. The molecule has 1 amide bonds. The van der Waals surface area contributed by atoms with E-state index >= 15 is 0 Å². The van der Waals surface area contributed by atoms with Crippen LogP contribution in [0.5, 0.6) is 5.75 Å². The molecule has 98 valence electrons. The minimum Gasteiger partial charge on any atom is -0.496 e. The zero-order valence-corrected chi connectivity index (χ0v) is 11.0. The molecule has 0 aliphatic carbocycles. The third kappa shape index (κ3) is 3.13. The standard InChI is InChI=1S/C12H14ClNO4/c1-12(2,11(16)17)14-10(15)8-5-4-7(13)6-9(8)18-3/h4-6H,1-3H3,(H,14,15)(H,16,17). The fourth-order valence-electron chi connectivity index (χ4n) is 1.26. The molecular weight excluding hydrogens is 258 g/mol. The summed E-state index contributed by atoms with van der Waals surface area (Å²) >= 11 is 5.78. The number of aliphatic carboxylic acids is 1. The molecule has 0 spiro atoms. The number of carboxylic acids is 1. The van der Waals surface area contributed by atoms with Crippen LogP contribution in [-0.4, -0.2) is 29.6 Å². The van der Waals surface area contributed by atoms with E-state index in [0.29, 0.717) is 10.8 Å². The molecule has 0 aliphatic heterocycles. The molecule has 18 heavy (non-hydrogen) atoms. The lowest BCUT2D eigenvalue weighted by molar-refractivity contribution is -0.143. The van der Waals surface area contributed by atoms with Crippen molar-refractivity contribution in [3.8, 4) is 5.75 Å². The number of hydrogen-bond donors (Lipinski definition) is 2. The maximum absolute atomic E-state index is 12.0. The van der Waals surface area contributed by atoms with E-state index in [4.69, 9.17) is 21.4 Å². The van der Waals surface area contributed by atoms with Crippen molar-refractivity contribution in [2.45, 2.75) is 19.4 Å². The first-order valence-corrected chi connectivity index (χ1v) is 5.55. The smallest absolute Gasteiger partial charge is 0.328 e. The lowest BCUT2D eigenvalue weighted by Gasteiger charge is -2.21. The number of ether oxygens (including phenoxy) is 1. The Morgan fingerprint density at radius 2 is 2.00 bits per heavy atom. The number of nitrogens with one attached hydrogen (secondary N) is 1. The molecule has 0 aliphatic rings. The van der Waals surface area contributed by atoms with E-state index in [1.165, 1.54) is 39.2 Å². The number of methoxy groups -OCH3 is 1. The first-order valence-electron chi connectivity index (χ1n) is 5.17. The highest BCUT2D eigenvalue weighted by Gasteiger charge is 2.30. The molecule has 0 radical (unpaired) electrons. The maximum atomic E-state index is 12.0. The van der Waals surface area contributed by atoms with Crippen molar-refractivity contribution in [1.82, 2.24) is 5.32 Å². The summed E-state index contributed by atoms with van der Waals surface area (Å²) < 4.78 is 5.03. The summed E-state index contributed by atoms with van der Waals surface area (Å²) in [6, 6.07) is 4.51. The number of carboxylic acid groups (broad SMARTS) is 1. The van der Waals surface area contributed by atoms with Crippen LogP contribution < -0.4 is 10.1 Å². The summed E-state index contributed by atoms with van der Waals surface area (Å²) in [6.45, 7) is 2.80. The van der Waals surface area contributed by atoms with Crippen LogP contribution in [0.2, 0.25) is 5.02 Å². The monoisotopic (exact) mass is 271 g/mol. The first-order chi connectivity index (χ1) is 8.27. The average Bonchev–Trinajstić information content (AvgIpc) is 2.27. The van der Waals surface area contributed by atoms with Gasteiger partial charge in [-0.3, -0.25) is 4.79 Å². The molecule has 2 N–H and O–H groups in total. The summed E-state index contributed by atoms with van der Waals surface area (Å²) in [6.07, 6.45) is 0. The Kier molecular flexibility index (Phi) is 4.19. The Morgan fingerprint density at radius 1 is 1.39 bits per heavy atom. The Balaban J connectivity index is 3.01. The molecule has 0 unspecified atom stereocenters. The molecule has 1 aromatic rings. The van der Waals surface area contributed by atoms with Crippen molar-refractivity contribution in [1.29, 1.82) is 0 Å². The fraction of sp³-hybridized carbons (Fsp3) is 0.333. The van der Waals surface area contributed by atoms with Gasteiger partial charge >= 0.3 is 5.97 Å². The van der Waals surface area contributed by atoms with Crippen LogP contribution in [-0.2, 0) is 4.79 Å². The molecule has 6 heteroatoms. The third-order valence-corrected chi connectivity index (χ3v) is 2.60. The van der Waals surface area contributed by atoms with Crippen molar-refractivity contribution in [2.24, 2.45) is 0 Å². The second-order valence-electron chi connectivity index (χ2n) is 4.23. The van der Waals surface area contributed by atoms with Crippen molar-refractivity contribution in [3.63, 3.8) is 0 Å². The molecule has 0 aromatic heterocycles. The van der Waals surface area contributed by atoms with Crippen LogP contribution >= 0.6 is 11.6 Å². The zero-order chi connectivity index (χ0) is 13.9. The van der Waals surface area contributed by atoms with E-state index in [1.54, 1.807) is 0 Å². The topological polar surface area (TPSA) is 75.6 Å².